The molecule has 20 heavy (non-hydrogen) atoms. The van der Waals surface area contributed by atoms with Crippen LogP contribution in [0.3, 0.4) is 0 Å². The van der Waals surface area contributed by atoms with E-state index >= 15 is 0 Å². The van der Waals surface area contributed by atoms with E-state index in [2.05, 4.69) is 10.3 Å². The number of carbonyl (C=O) groups excluding carboxylic acids is 1. The van der Waals surface area contributed by atoms with Gasteiger partial charge in [0.2, 0.25) is 0 Å². The maximum atomic E-state index is 12.0. The average molecular weight is 272 g/mol. The molecule has 0 radical (unpaired) electrons. The van der Waals surface area contributed by atoms with Crippen molar-refractivity contribution in [3.8, 4) is 5.75 Å². The zero-order valence-electron chi connectivity index (χ0n) is 11.4. The van der Waals surface area contributed by atoms with Crippen LogP contribution < -0.4 is 10.1 Å². The number of hydrogen-bond donors (Lipinski definition) is 1. The van der Waals surface area contributed by atoms with Crippen LogP contribution in [0.5, 0.6) is 5.75 Å². The van der Waals surface area contributed by atoms with E-state index in [1.807, 2.05) is 30.3 Å². The van der Waals surface area contributed by atoms with Gasteiger partial charge in [-0.3, -0.25) is 0 Å². The summed E-state index contributed by atoms with van der Waals surface area (Å²) < 4.78 is 10.1. The fourth-order valence-corrected chi connectivity index (χ4v) is 1.84. The number of hydrogen-bond acceptors (Lipinski definition) is 5. The molecule has 5 heteroatoms. The topological polar surface area (TPSA) is 60.5 Å². The highest BCUT2D eigenvalue weighted by atomic mass is 16.5. The monoisotopic (exact) mass is 272 g/mol. The first-order valence-electron chi connectivity index (χ1n) is 6.14. The Kier molecular flexibility index (Phi) is 4.55. The van der Waals surface area contributed by atoms with Gasteiger partial charge in [0.05, 0.1) is 14.2 Å². The van der Waals surface area contributed by atoms with Gasteiger partial charge >= 0.3 is 5.97 Å². The van der Waals surface area contributed by atoms with E-state index in [1.165, 1.54) is 7.11 Å². The van der Waals surface area contributed by atoms with Crippen molar-refractivity contribution in [3.63, 3.8) is 0 Å². The molecule has 2 rings (SSSR count). The van der Waals surface area contributed by atoms with Crippen molar-refractivity contribution in [1.82, 2.24) is 4.98 Å². The Morgan fingerprint density at radius 1 is 1.15 bits per heavy atom. The van der Waals surface area contributed by atoms with Gasteiger partial charge in [-0.05, 0) is 17.7 Å². The second-order valence-electron chi connectivity index (χ2n) is 4.07. The van der Waals surface area contributed by atoms with Crippen molar-refractivity contribution in [1.29, 1.82) is 0 Å². The highest BCUT2D eigenvalue weighted by molar-refractivity contribution is 5.81. The summed E-state index contributed by atoms with van der Waals surface area (Å²) in [5, 5.41) is 3.05. The van der Waals surface area contributed by atoms with Gasteiger partial charge in [0.1, 0.15) is 0 Å². The van der Waals surface area contributed by atoms with Gasteiger partial charge in [-0.25, -0.2) is 9.78 Å². The molecule has 2 aromatic rings. The second-order valence-corrected chi connectivity index (χ2v) is 4.07. The Labute approximate surface area is 117 Å². The van der Waals surface area contributed by atoms with E-state index in [9.17, 15) is 4.79 Å². The Balaban J connectivity index is 2.31. The molecule has 0 aliphatic heterocycles. The number of carbonyl (C=O) groups is 1. The van der Waals surface area contributed by atoms with Crippen LogP contribution in [0, 0.1) is 0 Å². The highest BCUT2D eigenvalue weighted by Crippen LogP contribution is 2.26. The summed E-state index contributed by atoms with van der Waals surface area (Å²) in [5.74, 6) is 0.676. The molecule has 0 saturated carbocycles. The van der Waals surface area contributed by atoms with Gasteiger partial charge in [-0.2, -0.15) is 0 Å². The van der Waals surface area contributed by atoms with E-state index in [-0.39, 0.29) is 5.97 Å². The molecule has 1 aromatic carbocycles. The van der Waals surface area contributed by atoms with Crippen LogP contribution in [0.4, 0.5) is 5.82 Å². The van der Waals surface area contributed by atoms with E-state index < -0.39 is 6.04 Å². The van der Waals surface area contributed by atoms with Gasteiger partial charge in [-0.1, -0.05) is 30.3 Å². The van der Waals surface area contributed by atoms with E-state index in [1.54, 1.807) is 25.4 Å². The molecule has 0 bridgehead atoms. The third kappa shape index (κ3) is 3.06. The van der Waals surface area contributed by atoms with Crippen molar-refractivity contribution in [2.75, 3.05) is 19.5 Å². The van der Waals surface area contributed by atoms with Crippen molar-refractivity contribution < 1.29 is 14.3 Å². The van der Waals surface area contributed by atoms with Crippen LogP contribution in [0.25, 0.3) is 0 Å². The van der Waals surface area contributed by atoms with Crippen LogP contribution in [0.15, 0.2) is 48.7 Å². The summed E-state index contributed by atoms with van der Waals surface area (Å²) in [6.45, 7) is 0. The smallest absolute Gasteiger partial charge is 0.333 e. The largest absolute Gasteiger partial charge is 0.493 e. The van der Waals surface area contributed by atoms with Gasteiger partial charge in [0.25, 0.3) is 0 Å². The molecule has 1 atom stereocenters. The minimum atomic E-state index is -0.634. The number of benzene rings is 1. The Morgan fingerprint density at radius 3 is 2.55 bits per heavy atom. The van der Waals surface area contributed by atoms with E-state index in [4.69, 9.17) is 9.47 Å². The Hall–Kier alpha value is -2.56. The molecule has 0 spiro atoms. The molecule has 0 fully saturated rings. The predicted octanol–water partition coefficient (Wildman–Crippen LogP) is 2.42. The molecule has 0 aliphatic carbocycles. The molecule has 104 valence electrons. The molecule has 0 saturated heterocycles. The van der Waals surface area contributed by atoms with Crippen LogP contribution in [-0.2, 0) is 9.53 Å². The lowest BCUT2D eigenvalue weighted by Crippen LogP contribution is -2.23. The summed E-state index contributed by atoms with van der Waals surface area (Å²) in [6.07, 6.45) is 1.63. The second kappa shape index (κ2) is 6.56. The predicted molar refractivity (Wildman–Crippen MR) is 75.6 cm³/mol. The number of methoxy groups -OCH3 is 2. The highest BCUT2D eigenvalue weighted by Gasteiger charge is 2.22. The van der Waals surface area contributed by atoms with Gasteiger partial charge in [-0.15, -0.1) is 0 Å². The number of ether oxygens (including phenoxy) is 2. The third-order valence-corrected chi connectivity index (χ3v) is 2.84. The SMILES string of the molecule is COC(=O)C(Nc1ncccc1OC)c1ccccc1. The van der Waals surface area contributed by atoms with E-state index in [0.29, 0.717) is 11.6 Å². The van der Waals surface area contributed by atoms with Crippen LogP contribution in [0.1, 0.15) is 11.6 Å². The number of nitrogens with one attached hydrogen (secondary N) is 1. The van der Waals surface area contributed by atoms with E-state index in [0.717, 1.165) is 5.56 Å². The zero-order valence-corrected chi connectivity index (χ0v) is 11.4. The maximum Gasteiger partial charge on any atom is 0.333 e. The van der Waals surface area contributed by atoms with Gasteiger partial charge in [0.15, 0.2) is 17.6 Å². The minimum absolute atomic E-state index is 0.385. The molecule has 5 nitrogen and oxygen atoms in total. The molecule has 1 heterocycles. The summed E-state index contributed by atoms with van der Waals surface area (Å²) in [4.78, 5) is 16.2. The lowest BCUT2D eigenvalue weighted by Gasteiger charge is -2.18. The number of aromatic nitrogens is 1. The standard InChI is InChI=1S/C15H16N2O3/c1-19-12-9-6-10-16-14(12)17-13(15(18)20-2)11-7-4-3-5-8-11/h3-10,13H,1-2H3,(H,16,17). The first kappa shape index (κ1) is 13.9. The first-order valence-corrected chi connectivity index (χ1v) is 6.14. The molecule has 1 N–H and O–H groups in total. The van der Waals surface area contributed by atoms with Crippen molar-refractivity contribution in [3.05, 3.63) is 54.2 Å². The minimum Gasteiger partial charge on any atom is -0.493 e. The third-order valence-electron chi connectivity index (χ3n) is 2.84. The first-order chi connectivity index (χ1) is 9.76. The summed E-state index contributed by atoms with van der Waals surface area (Å²) in [6, 6.07) is 12.2. The van der Waals surface area contributed by atoms with Crippen LogP contribution in [0.2, 0.25) is 0 Å². The van der Waals surface area contributed by atoms with Gasteiger partial charge in [0, 0.05) is 6.20 Å². The van der Waals surface area contributed by atoms with Crippen molar-refractivity contribution >= 4 is 11.8 Å². The molecule has 0 aliphatic rings. The average Bonchev–Trinajstić information content (AvgIpc) is 2.53. The lowest BCUT2D eigenvalue weighted by molar-refractivity contribution is -0.141. The van der Waals surface area contributed by atoms with Crippen LogP contribution in [-0.4, -0.2) is 25.2 Å². The number of anilines is 1. The van der Waals surface area contributed by atoms with Gasteiger partial charge < -0.3 is 14.8 Å². The quantitative estimate of drug-likeness (QED) is 0.847. The van der Waals surface area contributed by atoms with Crippen LogP contribution >= 0.6 is 0 Å². The molecule has 1 unspecified atom stereocenters. The Bertz CT molecular complexity index is 572. The maximum absolute atomic E-state index is 12.0. The fourth-order valence-electron chi connectivity index (χ4n) is 1.84. The zero-order chi connectivity index (χ0) is 14.4. The summed E-state index contributed by atoms with van der Waals surface area (Å²) >= 11 is 0. The summed E-state index contributed by atoms with van der Waals surface area (Å²) in [7, 11) is 2.91. The normalized spacial score (nSPS) is 11.5. The summed E-state index contributed by atoms with van der Waals surface area (Å²) in [5.41, 5.74) is 0.798. The van der Waals surface area contributed by atoms with Crippen molar-refractivity contribution in [2.24, 2.45) is 0 Å². The Morgan fingerprint density at radius 2 is 1.90 bits per heavy atom. The number of esters is 1. The lowest BCUT2D eigenvalue weighted by atomic mass is 10.1. The molecule has 0 amide bonds. The molecular formula is C15H16N2O3. The molecule has 1 aromatic heterocycles. The number of nitrogens with zero attached hydrogens (tertiary/aromatic N) is 1. The number of rotatable bonds is 5. The molecular weight excluding hydrogens is 256 g/mol. The fraction of sp³-hybridized carbons (Fsp3) is 0.200. The number of pyridine rings is 1. The van der Waals surface area contributed by atoms with Crippen molar-refractivity contribution in [2.45, 2.75) is 6.04 Å².